The van der Waals surface area contributed by atoms with Crippen LogP contribution in [-0.4, -0.2) is 22.8 Å². The largest absolute Gasteiger partial charge is 0.396 e. The fourth-order valence-corrected chi connectivity index (χ4v) is 2.12. The fourth-order valence-electron chi connectivity index (χ4n) is 2.12. The maximum atomic E-state index is 9.05. The second-order valence-electron chi connectivity index (χ2n) is 4.83. The van der Waals surface area contributed by atoms with Crippen LogP contribution in [0, 0.1) is 5.92 Å². The van der Waals surface area contributed by atoms with Crippen molar-refractivity contribution in [2.45, 2.75) is 46.2 Å². The standard InChI is InChI=1S/C14H26N2O/c1-4-6-14(15-5-2)13-7-8-16(10-13)9-12(3)11-17/h7-8,10,12,14-15,17H,4-6,9,11H2,1-3H3. The smallest absolute Gasteiger partial charge is 0.0473 e. The number of aromatic nitrogens is 1. The first-order valence-corrected chi connectivity index (χ1v) is 6.71. The van der Waals surface area contributed by atoms with Crippen LogP contribution in [0.2, 0.25) is 0 Å². The number of aliphatic hydroxyl groups excluding tert-OH is 1. The molecule has 0 fully saturated rings. The first-order valence-electron chi connectivity index (χ1n) is 6.71. The zero-order chi connectivity index (χ0) is 12.7. The zero-order valence-corrected chi connectivity index (χ0v) is 11.3. The molecule has 3 nitrogen and oxygen atoms in total. The van der Waals surface area contributed by atoms with Gasteiger partial charge < -0.3 is 15.0 Å². The Morgan fingerprint density at radius 2 is 2.18 bits per heavy atom. The Labute approximate surface area is 105 Å². The maximum absolute atomic E-state index is 9.05. The van der Waals surface area contributed by atoms with Gasteiger partial charge >= 0.3 is 0 Å². The quantitative estimate of drug-likeness (QED) is 0.730. The van der Waals surface area contributed by atoms with Crippen molar-refractivity contribution in [2.75, 3.05) is 13.2 Å². The van der Waals surface area contributed by atoms with Crippen molar-refractivity contribution in [3.63, 3.8) is 0 Å². The van der Waals surface area contributed by atoms with Gasteiger partial charge in [-0.2, -0.15) is 0 Å². The molecule has 0 spiro atoms. The molecule has 0 saturated heterocycles. The molecule has 0 aliphatic heterocycles. The first kappa shape index (κ1) is 14.3. The Bertz CT molecular complexity index is 303. The van der Waals surface area contributed by atoms with Crippen molar-refractivity contribution in [1.29, 1.82) is 0 Å². The van der Waals surface area contributed by atoms with Gasteiger partial charge in [-0.05, 0) is 30.5 Å². The Hall–Kier alpha value is -0.800. The van der Waals surface area contributed by atoms with Crippen molar-refractivity contribution in [2.24, 2.45) is 5.92 Å². The number of nitrogens with one attached hydrogen (secondary N) is 1. The predicted molar refractivity (Wildman–Crippen MR) is 72.0 cm³/mol. The van der Waals surface area contributed by atoms with Crippen LogP contribution in [0.25, 0.3) is 0 Å². The van der Waals surface area contributed by atoms with E-state index in [-0.39, 0.29) is 6.61 Å². The third-order valence-electron chi connectivity index (χ3n) is 3.04. The maximum Gasteiger partial charge on any atom is 0.0473 e. The van der Waals surface area contributed by atoms with Crippen LogP contribution in [0.3, 0.4) is 0 Å². The summed E-state index contributed by atoms with van der Waals surface area (Å²) in [7, 11) is 0. The molecule has 1 aromatic heterocycles. The van der Waals surface area contributed by atoms with Gasteiger partial charge in [-0.15, -0.1) is 0 Å². The molecule has 1 rings (SSSR count). The zero-order valence-electron chi connectivity index (χ0n) is 11.3. The van der Waals surface area contributed by atoms with Gasteiger partial charge in [0.25, 0.3) is 0 Å². The monoisotopic (exact) mass is 238 g/mol. The molecule has 0 aliphatic rings. The van der Waals surface area contributed by atoms with E-state index < -0.39 is 0 Å². The van der Waals surface area contributed by atoms with Crippen molar-refractivity contribution < 1.29 is 5.11 Å². The molecule has 0 radical (unpaired) electrons. The van der Waals surface area contributed by atoms with Gasteiger partial charge in [0, 0.05) is 31.6 Å². The van der Waals surface area contributed by atoms with E-state index in [4.69, 9.17) is 5.11 Å². The molecule has 98 valence electrons. The minimum absolute atomic E-state index is 0.249. The van der Waals surface area contributed by atoms with Gasteiger partial charge in [-0.1, -0.05) is 27.2 Å². The molecule has 2 unspecified atom stereocenters. The Balaban J connectivity index is 2.63. The summed E-state index contributed by atoms with van der Waals surface area (Å²) in [5.74, 6) is 0.319. The first-order chi connectivity index (χ1) is 8.21. The molecule has 0 aliphatic carbocycles. The van der Waals surface area contributed by atoms with E-state index in [1.807, 2.05) is 0 Å². The fraction of sp³-hybridized carbons (Fsp3) is 0.714. The molecular weight excluding hydrogens is 212 g/mol. The van der Waals surface area contributed by atoms with Crippen molar-refractivity contribution in [3.8, 4) is 0 Å². The summed E-state index contributed by atoms with van der Waals surface area (Å²) >= 11 is 0. The van der Waals surface area contributed by atoms with Gasteiger partial charge in [-0.25, -0.2) is 0 Å². The highest BCUT2D eigenvalue weighted by molar-refractivity contribution is 5.15. The van der Waals surface area contributed by atoms with Gasteiger partial charge in [0.15, 0.2) is 0 Å². The van der Waals surface area contributed by atoms with Crippen molar-refractivity contribution in [3.05, 3.63) is 24.0 Å². The van der Waals surface area contributed by atoms with E-state index in [1.54, 1.807) is 0 Å². The molecule has 0 bridgehead atoms. The molecule has 0 amide bonds. The third kappa shape index (κ3) is 4.52. The summed E-state index contributed by atoms with van der Waals surface area (Å²) in [5.41, 5.74) is 1.36. The lowest BCUT2D eigenvalue weighted by Gasteiger charge is -2.15. The van der Waals surface area contributed by atoms with E-state index in [0.717, 1.165) is 13.1 Å². The number of nitrogens with zero attached hydrogens (tertiary/aromatic N) is 1. The average Bonchev–Trinajstić information content (AvgIpc) is 2.77. The van der Waals surface area contributed by atoms with Gasteiger partial charge in [0.1, 0.15) is 0 Å². The Kier molecular flexibility index (Phi) is 6.30. The van der Waals surface area contributed by atoms with Crippen molar-refractivity contribution in [1.82, 2.24) is 9.88 Å². The van der Waals surface area contributed by atoms with Crippen LogP contribution < -0.4 is 5.32 Å². The second-order valence-corrected chi connectivity index (χ2v) is 4.83. The van der Waals surface area contributed by atoms with E-state index in [1.165, 1.54) is 18.4 Å². The molecule has 17 heavy (non-hydrogen) atoms. The van der Waals surface area contributed by atoms with E-state index in [2.05, 4.69) is 49.1 Å². The minimum Gasteiger partial charge on any atom is -0.396 e. The van der Waals surface area contributed by atoms with Crippen molar-refractivity contribution >= 4 is 0 Å². The molecule has 3 heteroatoms. The number of hydrogen-bond acceptors (Lipinski definition) is 2. The topological polar surface area (TPSA) is 37.2 Å². The summed E-state index contributed by atoms with van der Waals surface area (Å²) in [6.07, 6.45) is 6.68. The molecule has 1 heterocycles. The second kappa shape index (κ2) is 7.51. The van der Waals surface area contributed by atoms with Gasteiger partial charge in [0.05, 0.1) is 0 Å². The summed E-state index contributed by atoms with van der Waals surface area (Å²) in [5, 5.41) is 12.6. The van der Waals surface area contributed by atoms with Gasteiger partial charge in [-0.3, -0.25) is 0 Å². The lowest BCUT2D eigenvalue weighted by Crippen LogP contribution is -2.20. The molecule has 1 aromatic rings. The molecular formula is C14H26N2O. The normalized spacial score (nSPS) is 14.8. The number of rotatable bonds is 8. The number of hydrogen-bond donors (Lipinski definition) is 2. The molecule has 0 aromatic carbocycles. The third-order valence-corrected chi connectivity index (χ3v) is 3.04. The molecule has 2 atom stereocenters. The predicted octanol–water partition coefficient (Wildman–Crippen LogP) is 2.57. The molecule has 0 saturated carbocycles. The van der Waals surface area contributed by atoms with Crippen LogP contribution in [0.5, 0.6) is 0 Å². The lowest BCUT2D eigenvalue weighted by atomic mass is 10.1. The van der Waals surface area contributed by atoms with E-state index >= 15 is 0 Å². The lowest BCUT2D eigenvalue weighted by molar-refractivity contribution is 0.223. The van der Waals surface area contributed by atoms with Crippen LogP contribution in [-0.2, 0) is 6.54 Å². The van der Waals surface area contributed by atoms with Gasteiger partial charge in [0.2, 0.25) is 0 Å². The summed E-state index contributed by atoms with van der Waals surface area (Å²) < 4.78 is 2.18. The van der Waals surface area contributed by atoms with Crippen LogP contribution in [0.4, 0.5) is 0 Å². The average molecular weight is 238 g/mol. The Morgan fingerprint density at radius 3 is 2.76 bits per heavy atom. The van der Waals surface area contributed by atoms with E-state index in [9.17, 15) is 0 Å². The highest BCUT2D eigenvalue weighted by atomic mass is 16.3. The summed E-state index contributed by atoms with van der Waals surface area (Å²) in [6, 6.07) is 2.66. The Morgan fingerprint density at radius 1 is 1.41 bits per heavy atom. The SMILES string of the molecule is CCCC(NCC)c1ccn(CC(C)CO)c1. The van der Waals surface area contributed by atoms with Crippen LogP contribution in [0.15, 0.2) is 18.5 Å². The minimum atomic E-state index is 0.249. The van der Waals surface area contributed by atoms with E-state index in [0.29, 0.717) is 12.0 Å². The highest BCUT2D eigenvalue weighted by Gasteiger charge is 2.11. The molecule has 2 N–H and O–H groups in total. The van der Waals surface area contributed by atoms with Crippen LogP contribution >= 0.6 is 0 Å². The number of aliphatic hydroxyl groups is 1. The summed E-state index contributed by atoms with van der Waals surface area (Å²) in [4.78, 5) is 0. The highest BCUT2D eigenvalue weighted by Crippen LogP contribution is 2.19. The van der Waals surface area contributed by atoms with Crippen LogP contribution in [0.1, 0.15) is 45.2 Å². The summed E-state index contributed by atoms with van der Waals surface area (Å²) in [6.45, 7) is 8.57.